The minimum atomic E-state index is -0.0891. The first-order valence-electron chi connectivity index (χ1n) is 15.8. The average Bonchev–Trinajstić information content (AvgIpc) is 3.55. The third-order valence-electron chi connectivity index (χ3n) is 10.7. The van der Waals surface area contributed by atoms with Crippen LogP contribution in [-0.4, -0.2) is 11.3 Å². The van der Waals surface area contributed by atoms with Crippen molar-refractivity contribution >= 4 is 57.5 Å². The molecule has 210 valence electrons. The van der Waals surface area contributed by atoms with E-state index in [9.17, 15) is 0 Å². The molecule has 7 aromatic rings. The van der Waals surface area contributed by atoms with Gasteiger partial charge in [0.25, 0.3) is 0 Å². The van der Waals surface area contributed by atoms with E-state index in [0.717, 1.165) is 0 Å². The largest absolute Gasteiger partial charge is 0.375 e. The van der Waals surface area contributed by atoms with Crippen LogP contribution in [0, 0.1) is 0 Å². The molecule has 1 aromatic heterocycles. The Hall–Kier alpha value is -4.93. The summed E-state index contributed by atoms with van der Waals surface area (Å²) in [6, 6.07) is 47.8. The molecule has 11 rings (SSSR count). The van der Waals surface area contributed by atoms with Gasteiger partial charge in [-0.3, -0.25) is 0 Å². The minimum absolute atomic E-state index is 0.0694. The van der Waals surface area contributed by atoms with Crippen molar-refractivity contribution in [1.82, 2.24) is 4.48 Å². The fourth-order valence-corrected chi connectivity index (χ4v) is 10.1. The van der Waals surface area contributed by atoms with Gasteiger partial charge in [0.2, 0.25) is 0 Å². The molecule has 4 heterocycles. The van der Waals surface area contributed by atoms with Crippen LogP contribution in [0.1, 0.15) is 25.0 Å². The predicted molar refractivity (Wildman–Crippen MR) is 190 cm³/mol. The Morgan fingerprint density at radius 2 is 1.38 bits per heavy atom. The first-order chi connectivity index (χ1) is 22.1. The van der Waals surface area contributed by atoms with Crippen LogP contribution in [0.3, 0.4) is 0 Å². The number of para-hydroxylation sites is 3. The maximum atomic E-state index is 2.74. The van der Waals surface area contributed by atoms with Crippen LogP contribution in [0.2, 0.25) is 0 Å². The molecule has 1 aliphatic carbocycles. The SMILES string of the molecule is CC1(C)c2ccccc2-c2c1c1cccc3c1n2B1c2cccc4c2N(c2ccccc2S4)c2cc(-c4ccccc4)cc-3c21. The molecule has 4 heteroatoms. The van der Waals surface area contributed by atoms with Crippen molar-refractivity contribution in [3.63, 3.8) is 0 Å². The van der Waals surface area contributed by atoms with E-state index >= 15 is 0 Å². The summed E-state index contributed by atoms with van der Waals surface area (Å²) in [5.74, 6) is 0. The van der Waals surface area contributed by atoms with Gasteiger partial charge in [-0.25, -0.2) is 0 Å². The Labute approximate surface area is 267 Å². The molecule has 0 radical (unpaired) electrons. The highest BCUT2D eigenvalue weighted by molar-refractivity contribution is 7.99. The second-order valence-corrected chi connectivity index (χ2v) is 14.4. The fraction of sp³-hybridized carbons (Fsp3) is 0.0732. The van der Waals surface area contributed by atoms with Gasteiger partial charge in [-0.1, -0.05) is 123 Å². The van der Waals surface area contributed by atoms with Crippen LogP contribution in [-0.2, 0) is 5.41 Å². The van der Waals surface area contributed by atoms with Gasteiger partial charge in [-0.2, -0.15) is 0 Å². The molecule has 3 aliphatic heterocycles. The molecule has 45 heavy (non-hydrogen) atoms. The summed E-state index contributed by atoms with van der Waals surface area (Å²) in [6.45, 7) is 4.90. The molecule has 0 bridgehead atoms. The van der Waals surface area contributed by atoms with Crippen molar-refractivity contribution in [2.24, 2.45) is 0 Å². The number of hydrogen-bond donors (Lipinski definition) is 0. The number of rotatable bonds is 1. The van der Waals surface area contributed by atoms with Crippen molar-refractivity contribution in [2.45, 2.75) is 29.1 Å². The van der Waals surface area contributed by atoms with E-state index < -0.39 is 0 Å². The van der Waals surface area contributed by atoms with E-state index in [1.165, 1.54) is 93.3 Å². The molecule has 0 saturated carbocycles. The maximum absolute atomic E-state index is 2.74. The lowest BCUT2D eigenvalue weighted by Crippen LogP contribution is -2.57. The van der Waals surface area contributed by atoms with Crippen molar-refractivity contribution < 1.29 is 0 Å². The molecule has 6 aromatic carbocycles. The van der Waals surface area contributed by atoms with E-state index in [4.69, 9.17) is 0 Å². The molecular weight excluding hydrogens is 563 g/mol. The van der Waals surface area contributed by atoms with Gasteiger partial charge in [-0.05, 0) is 69.1 Å². The number of hydrogen-bond acceptors (Lipinski definition) is 2. The average molecular weight is 591 g/mol. The summed E-state index contributed by atoms with van der Waals surface area (Å²) in [5.41, 5.74) is 18.8. The molecule has 0 unspecified atom stereocenters. The molecule has 0 atom stereocenters. The summed E-state index contributed by atoms with van der Waals surface area (Å²) >= 11 is 1.90. The Kier molecular flexibility index (Phi) is 4.45. The standard InChI is InChI=1S/C41H27BN2S/c1-41(2)30-17-7-6-14-27(30)39-36(41)28-16-10-15-26-29-22-25(24-12-4-3-5-13-24)23-33-37(29)42(44(39)38(26)28)31-18-11-21-35-40(31)43(33)32-19-8-9-20-34(32)45-35/h3-23H,1-2H3. The second-order valence-electron chi connectivity index (χ2n) is 13.3. The van der Waals surface area contributed by atoms with Gasteiger partial charge in [0.05, 0.1) is 11.4 Å². The van der Waals surface area contributed by atoms with E-state index in [1.54, 1.807) is 0 Å². The summed E-state index contributed by atoms with van der Waals surface area (Å²) in [5, 5.41) is 1.38. The van der Waals surface area contributed by atoms with Gasteiger partial charge in [0, 0.05) is 48.6 Å². The van der Waals surface area contributed by atoms with Crippen molar-refractivity contribution in [3.05, 3.63) is 139 Å². The van der Waals surface area contributed by atoms with E-state index in [-0.39, 0.29) is 12.3 Å². The van der Waals surface area contributed by atoms with Crippen molar-refractivity contribution in [3.8, 4) is 33.5 Å². The molecule has 0 fully saturated rings. The van der Waals surface area contributed by atoms with Crippen molar-refractivity contribution in [2.75, 3.05) is 4.90 Å². The third kappa shape index (κ3) is 2.86. The molecule has 0 N–H and O–H groups in total. The first kappa shape index (κ1) is 24.4. The quantitative estimate of drug-likeness (QED) is 0.176. The zero-order valence-electron chi connectivity index (χ0n) is 25.0. The maximum Gasteiger partial charge on any atom is 0.333 e. The first-order valence-corrected chi connectivity index (χ1v) is 16.6. The number of benzene rings is 6. The van der Waals surface area contributed by atoms with Crippen LogP contribution < -0.4 is 15.8 Å². The lowest BCUT2D eigenvalue weighted by molar-refractivity contribution is 0.666. The number of anilines is 3. The zero-order chi connectivity index (χ0) is 29.6. The second kappa shape index (κ2) is 8.21. The summed E-state index contributed by atoms with van der Waals surface area (Å²) in [7, 11) is 0. The molecule has 2 nitrogen and oxygen atoms in total. The lowest BCUT2D eigenvalue weighted by Gasteiger charge is -2.44. The monoisotopic (exact) mass is 590 g/mol. The summed E-state index contributed by atoms with van der Waals surface area (Å²) < 4.78 is 2.74. The van der Waals surface area contributed by atoms with Crippen LogP contribution in [0.15, 0.2) is 137 Å². The highest BCUT2D eigenvalue weighted by Crippen LogP contribution is 2.58. The highest BCUT2D eigenvalue weighted by atomic mass is 32.2. The van der Waals surface area contributed by atoms with Crippen LogP contribution in [0.25, 0.3) is 44.4 Å². The van der Waals surface area contributed by atoms with Gasteiger partial charge in [-0.15, -0.1) is 0 Å². The fourth-order valence-electron chi connectivity index (χ4n) is 8.96. The Morgan fingerprint density at radius 1 is 0.622 bits per heavy atom. The van der Waals surface area contributed by atoms with E-state index in [2.05, 4.69) is 151 Å². The third-order valence-corrected chi connectivity index (χ3v) is 11.8. The van der Waals surface area contributed by atoms with Gasteiger partial charge in [0.15, 0.2) is 0 Å². The van der Waals surface area contributed by atoms with Crippen LogP contribution >= 0.6 is 11.8 Å². The molecule has 0 spiro atoms. The zero-order valence-corrected chi connectivity index (χ0v) is 25.8. The highest BCUT2D eigenvalue weighted by Gasteiger charge is 2.49. The van der Waals surface area contributed by atoms with Gasteiger partial charge in [0.1, 0.15) is 0 Å². The summed E-state index contributed by atoms with van der Waals surface area (Å²) in [6.07, 6.45) is 0. The number of fused-ring (bicyclic) bond motifs is 11. The molecule has 0 saturated heterocycles. The minimum Gasteiger partial charge on any atom is -0.375 e. The Bertz CT molecular complexity index is 2460. The topological polar surface area (TPSA) is 8.17 Å². The van der Waals surface area contributed by atoms with Gasteiger partial charge >= 0.3 is 6.85 Å². The lowest BCUT2D eigenvalue weighted by atomic mass is 9.45. The van der Waals surface area contributed by atoms with E-state index in [0.29, 0.717) is 0 Å². The molecule has 4 aliphatic rings. The Balaban J connectivity index is 1.35. The summed E-state index contributed by atoms with van der Waals surface area (Å²) in [4.78, 5) is 5.20. The smallest absolute Gasteiger partial charge is 0.333 e. The van der Waals surface area contributed by atoms with Gasteiger partial charge < -0.3 is 9.38 Å². The van der Waals surface area contributed by atoms with Crippen LogP contribution in [0.5, 0.6) is 0 Å². The normalized spacial score (nSPS) is 15.3. The van der Waals surface area contributed by atoms with Crippen LogP contribution in [0.4, 0.5) is 17.1 Å². The molecular formula is C41H27BN2S. The van der Waals surface area contributed by atoms with E-state index in [1.807, 2.05) is 11.8 Å². The predicted octanol–water partition coefficient (Wildman–Crippen LogP) is 9.50. The number of nitrogens with zero attached hydrogens (tertiary/aromatic N) is 2. The number of aromatic nitrogens is 1. The molecule has 0 amide bonds. The Morgan fingerprint density at radius 3 is 2.29 bits per heavy atom. The van der Waals surface area contributed by atoms with Crippen molar-refractivity contribution in [1.29, 1.82) is 0 Å².